The number of hydrogen-bond donors (Lipinski definition) is 1. The fourth-order valence-corrected chi connectivity index (χ4v) is 5.62. The van der Waals surface area contributed by atoms with E-state index in [0.717, 1.165) is 18.4 Å². The van der Waals surface area contributed by atoms with Gasteiger partial charge in [0.15, 0.2) is 0 Å². The maximum Gasteiger partial charge on any atom is 0.264 e. The van der Waals surface area contributed by atoms with Gasteiger partial charge in [-0.25, -0.2) is 8.42 Å². The SMILES string of the molecule is Cc1cccc2c1N(S(=O)(=O)c1ccc(OC3CCCC3)cc1)CCC2O. The van der Waals surface area contributed by atoms with Crippen molar-refractivity contribution in [1.82, 2.24) is 0 Å². The van der Waals surface area contributed by atoms with Crippen LogP contribution in [0.1, 0.15) is 49.3 Å². The molecule has 0 spiro atoms. The normalized spacial score (nSPS) is 20.5. The zero-order valence-electron chi connectivity index (χ0n) is 15.5. The second-order valence-electron chi connectivity index (χ2n) is 7.39. The largest absolute Gasteiger partial charge is 0.490 e. The molecule has 0 radical (unpaired) electrons. The molecule has 0 amide bonds. The number of rotatable bonds is 4. The maximum absolute atomic E-state index is 13.3. The topological polar surface area (TPSA) is 66.8 Å². The Morgan fingerprint density at radius 1 is 1.04 bits per heavy atom. The van der Waals surface area contributed by atoms with E-state index in [0.29, 0.717) is 23.4 Å². The Hall–Kier alpha value is -2.05. The number of nitrogens with zero attached hydrogens (tertiary/aromatic N) is 1. The molecular formula is C21H25NO4S. The third-order valence-corrected chi connectivity index (χ3v) is 7.31. The first-order chi connectivity index (χ1) is 13.0. The van der Waals surface area contributed by atoms with Gasteiger partial charge in [-0.05, 0) is 68.9 Å². The number of aliphatic hydroxyl groups is 1. The summed E-state index contributed by atoms with van der Waals surface area (Å²) in [5.74, 6) is 0.714. The van der Waals surface area contributed by atoms with Gasteiger partial charge < -0.3 is 9.84 Å². The molecule has 0 bridgehead atoms. The molecule has 2 aliphatic rings. The van der Waals surface area contributed by atoms with E-state index >= 15 is 0 Å². The summed E-state index contributed by atoms with van der Waals surface area (Å²) in [6.45, 7) is 2.14. The van der Waals surface area contributed by atoms with Crippen LogP contribution in [0.5, 0.6) is 5.75 Å². The summed E-state index contributed by atoms with van der Waals surface area (Å²) in [5, 5.41) is 10.3. The Bertz CT molecular complexity index is 918. The lowest BCUT2D eigenvalue weighted by Crippen LogP contribution is -2.37. The molecule has 1 heterocycles. The number of ether oxygens (including phenoxy) is 1. The monoisotopic (exact) mass is 387 g/mol. The summed E-state index contributed by atoms with van der Waals surface area (Å²) >= 11 is 0. The van der Waals surface area contributed by atoms with E-state index < -0.39 is 16.1 Å². The summed E-state index contributed by atoms with van der Waals surface area (Å²) in [4.78, 5) is 0.242. The fraction of sp³-hybridized carbons (Fsp3) is 0.429. The van der Waals surface area contributed by atoms with Crippen LogP contribution in [-0.2, 0) is 10.0 Å². The highest BCUT2D eigenvalue weighted by molar-refractivity contribution is 7.92. The predicted molar refractivity (Wildman–Crippen MR) is 105 cm³/mol. The van der Waals surface area contributed by atoms with E-state index in [1.54, 1.807) is 30.3 Å². The van der Waals surface area contributed by atoms with Crippen molar-refractivity contribution in [3.63, 3.8) is 0 Å². The van der Waals surface area contributed by atoms with Crippen LogP contribution in [0.15, 0.2) is 47.4 Å². The van der Waals surface area contributed by atoms with Crippen LogP contribution in [0.3, 0.4) is 0 Å². The third-order valence-electron chi connectivity index (χ3n) is 5.50. The van der Waals surface area contributed by atoms with Crippen LogP contribution in [-0.4, -0.2) is 26.2 Å². The summed E-state index contributed by atoms with van der Waals surface area (Å²) in [7, 11) is -3.70. The highest BCUT2D eigenvalue weighted by Crippen LogP contribution is 2.39. The fourth-order valence-electron chi connectivity index (χ4n) is 4.05. The summed E-state index contributed by atoms with van der Waals surface area (Å²) in [6, 6.07) is 12.2. The van der Waals surface area contributed by atoms with Crippen LogP contribution in [0.2, 0.25) is 0 Å². The van der Waals surface area contributed by atoms with Crippen molar-refractivity contribution in [2.24, 2.45) is 0 Å². The molecule has 1 aliphatic carbocycles. The third kappa shape index (κ3) is 3.44. The molecule has 1 saturated carbocycles. The molecule has 1 atom stereocenters. The van der Waals surface area contributed by atoms with Gasteiger partial charge in [-0.1, -0.05) is 18.2 Å². The van der Waals surface area contributed by atoms with Crippen molar-refractivity contribution < 1.29 is 18.3 Å². The van der Waals surface area contributed by atoms with Crippen LogP contribution in [0.25, 0.3) is 0 Å². The molecule has 1 fully saturated rings. The number of para-hydroxylation sites is 1. The minimum Gasteiger partial charge on any atom is -0.490 e. The summed E-state index contributed by atoms with van der Waals surface area (Å²) in [5.41, 5.74) is 2.12. The van der Waals surface area contributed by atoms with Gasteiger partial charge in [0, 0.05) is 12.1 Å². The Kier molecular flexibility index (Phi) is 4.86. The molecule has 4 rings (SSSR count). The molecule has 0 saturated heterocycles. The minimum absolute atomic E-state index is 0.241. The van der Waals surface area contributed by atoms with E-state index in [9.17, 15) is 13.5 Å². The molecule has 2 aromatic carbocycles. The lowest BCUT2D eigenvalue weighted by molar-refractivity contribution is 0.166. The highest BCUT2D eigenvalue weighted by Gasteiger charge is 2.33. The molecule has 1 N–H and O–H groups in total. The van der Waals surface area contributed by atoms with Gasteiger partial charge in [-0.3, -0.25) is 4.31 Å². The summed E-state index contributed by atoms with van der Waals surface area (Å²) in [6.07, 6.45) is 4.50. The number of anilines is 1. The van der Waals surface area contributed by atoms with Crippen molar-refractivity contribution in [2.45, 2.75) is 56.1 Å². The van der Waals surface area contributed by atoms with Gasteiger partial charge in [0.05, 0.1) is 22.8 Å². The Morgan fingerprint density at radius 2 is 1.74 bits per heavy atom. The van der Waals surface area contributed by atoms with Crippen molar-refractivity contribution in [3.05, 3.63) is 53.6 Å². The second kappa shape index (κ2) is 7.17. The Labute approximate surface area is 160 Å². The van der Waals surface area contributed by atoms with E-state index in [-0.39, 0.29) is 17.5 Å². The molecule has 2 aromatic rings. The molecular weight excluding hydrogens is 362 g/mol. The van der Waals surface area contributed by atoms with Crippen molar-refractivity contribution in [3.8, 4) is 5.75 Å². The van der Waals surface area contributed by atoms with E-state index in [1.165, 1.54) is 17.1 Å². The van der Waals surface area contributed by atoms with Crippen molar-refractivity contribution in [2.75, 3.05) is 10.8 Å². The molecule has 27 heavy (non-hydrogen) atoms. The van der Waals surface area contributed by atoms with Crippen molar-refractivity contribution >= 4 is 15.7 Å². The van der Waals surface area contributed by atoms with Gasteiger partial charge in [0.1, 0.15) is 5.75 Å². The second-order valence-corrected chi connectivity index (χ2v) is 9.25. The first-order valence-electron chi connectivity index (χ1n) is 9.54. The molecule has 1 unspecified atom stereocenters. The number of benzene rings is 2. The molecule has 144 valence electrons. The van der Waals surface area contributed by atoms with Gasteiger partial charge >= 0.3 is 0 Å². The van der Waals surface area contributed by atoms with E-state index in [1.807, 2.05) is 19.1 Å². The quantitative estimate of drug-likeness (QED) is 0.863. The van der Waals surface area contributed by atoms with Gasteiger partial charge in [0.2, 0.25) is 0 Å². The van der Waals surface area contributed by atoms with Crippen molar-refractivity contribution in [1.29, 1.82) is 0 Å². The maximum atomic E-state index is 13.3. The molecule has 1 aliphatic heterocycles. The molecule has 6 heteroatoms. The van der Waals surface area contributed by atoms with Gasteiger partial charge in [-0.15, -0.1) is 0 Å². The zero-order valence-corrected chi connectivity index (χ0v) is 16.3. The first-order valence-corrected chi connectivity index (χ1v) is 11.0. The van der Waals surface area contributed by atoms with Gasteiger partial charge in [0.25, 0.3) is 10.0 Å². The standard InChI is InChI=1S/C21H25NO4S/c1-15-5-4-8-19-20(23)13-14-22(21(15)19)27(24,25)18-11-9-17(10-12-18)26-16-6-2-3-7-16/h4-5,8-12,16,20,23H,2-3,6-7,13-14H2,1H3. The number of sulfonamides is 1. The minimum atomic E-state index is -3.70. The van der Waals surface area contributed by atoms with Crippen LogP contribution >= 0.6 is 0 Å². The van der Waals surface area contributed by atoms with Crippen LogP contribution < -0.4 is 9.04 Å². The van der Waals surface area contributed by atoms with Crippen LogP contribution in [0.4, 0.5) is 5.69 Å². The first kappa shape index (κ1) is 18.3. The lowest BCUT2D eigenvalue weighted by atomic mass is 9.98. The average Bonchev–Trinajstić information content (AvgIpc) is 3.16. The predicted octanol–water partition coefficient (Wildman–Crippen LogP) is 3.95. The lowest BCUT2D eigenvalue weighted by Gasteiger charge is -2.34. The Balaban J connectivity index is 1.63. The van der Waals surface area contributed by atoms with E-state index in [4.69, 9.17) is 4.74 Å². The highest BCUT2D eigenvalue weighted by atomic mass is 32.2. The number of aryl methyl sites for hydroxylation is 1. The van der Waals surface area contributed by atoms with Gasteiger partial charge in [-0.2, -0.15) is 0 Å². The molecule has 5 nitrogen and oxygen atoms in total. The number of hydrogen-bond acceptors (Lipinski definition) is 4. The van der Waals surface area contributed by atoms with Crippen LogP contribution in [0, 0.1) is 6.92 Å². The smallest absolute Gasteiger partial charge is 0.264 e. The zero-order chi connectivity index (χ0) is 19.0. The molecule has 0 aromatic heterocycles. The Morgan fingerprint density at radius 3 is 2.44 bits per heavy atom. The van der Waals surface area contributed by atoms with E-state index in [2.05, 4.69) is 0 Å². The summed E-state index contributed by atoms with van der Waals surface area (Å²) < 4.78 is 33.9. The number of aliphatic hydroxyl groups excluding tert-OH is 1. The number of fused-ring (bicyclic) bond motifs is 1. The average molecular weight is 388 g/mol.